The second-order valence-corrected chi connectivity index (χ2v) is 7.14. The van der Waals surface area contributed by atoms with E-state index in [0.717, 1.165) is 24.9 Å². The Kier molecular flexibility index (Phi) is 5.88. The highest BCUT2D eigenvalue weighted by atomic mass is 16.2. The second-order valence-electron chi connectivity index (χ2n) is 7.14. The topological polar surface area (TPSA) is 32.3 Å². The lowest BCUT2D eigenvalue weighted by Gasteiger charge is -2.35. The minimum atomic E-state index is -0.0102. The maximum Gasteiger partial charge on any atom is 0.239 e. The number of rotatable bonds is 4. The van der Waals surface area contributed by atoms with E-state index in [1.54, 1.807) is 0 Å². The average molecular weight is 280 g/mol. The molecule has 3 nitrogen and oxygen atoms in total. The van der Waals surface area contributed by atoms with Crippen LogP contribution < -0.4 is 5.32 Å². The van der Waals surface area contributed by atoms with Gasteiger partial charge in [-0.15, -0.1) is 0 Å². The second kappa shape index (κ2) is 7.44. The standard InChI is InChI=1S/C17H32N2O/c1-13(2)15-8-7-9-16(12-15)18-14(3)17(20)19-10-5-4-6-11-19/h13-16,18H,4-12H2,1-3H3. The molecule has 1 N–H and O–H groups in total. The Bertz CT molecular complexity index is 310. The van der Waals surface area contributed by atoms with Crippen molar-refractivity contribution in [2.24, 2.45) is 11.8 Å². The van der Waals surface area contributed by atoms with Crippen molar-refractivity contribution in [3.8, 4) is 0 Å². The van der Waals surface area contributed by atoms with Gasteiger partial charge in [0.25, 0.3) is 0 Å². The van der Waals surface area contributed by atoms with Crippen LogP contribution in [0.25, 0.3) is 0 Å². The van der Waals surface area contributed by atoms with E-state index < -0.39 is 0 Å². The first-order valence-corrected chi connectivity index (χ1v) is 8.62. The molecular formula is C17H32N2O. The Balaban J connectivity index is 1.80. The molecule has 0 radical (unpaired) electrons. The maximum absolute atomic E-state index is 12.5. The predicted molar refractivity (Wildman–Crippen MR) is 83.6 cm³/mol. The molecule has 20 heavy (non-hydrogen) atoms. The van der Waals surface area contributed by atoms with Crippen molar-refractivity contribution in [2.45, 2.75) is 77.8 Å². The van der Waals surface area contributed by atoms with Gasteiger partial charge in [-0.25, -0.2) is 0 Å². The van der Waals surface area contributed by atoms with Crippen LogP contribution in [0.5, 0.6) is 0 Å². The fourth-order valence-electron chi connectivity index (χ4n) is 3.80. The fourth-order valence-corrected chi connectivity index (χ4v) is 3.80. The van der Waals surface area contributed by atoms with E-state index in [1.165, 1.54) is 44.9 Å². The molecule has 1 aliphatic heterocycles. The summed E-state index contributed by atoms with van der Waals surface area (Å²) in [6, 6.07) is 0.531. The summed E-state index contributed by atoms with van der Waals surface area (Å²) in [5, 5.41) is 3.61. The van der Waals surface area contributed by atoms with E-state index in [-0.39, 0.29) is 6.04 Å². The summed E-state index contributed by atoms with van der Waals surface area (Å²) in [7, 11) is 0. The van der Waals surface area contributed by atoms with E-state index in [4.69, 9.17) is 0 Å². The van der Waals surface area contributed by atoms with Crippen LogP contribution in [-0.4, -0.2) is 36.0 Å². The Morgan fingerprint density at radius 1 is 1.05 bits per heavy atom. The zero-order chi connectivity index (χ0) is 14.5. The first-order valence-electron chi connectivity index (χ1n) is 8.62. The molecule has 0 aromatic carbocycles. The number of nitrogens with one attached hydrogen (secondary N) is 1. The molecule has 116 valence electrons. The van der Waals surface area contributed by atoms with Crippen molar-refractivity contribution in [3.63, 3.8) is 0 Å². The minimum Gasteiger partial charge on any atom is -0.341 e. The van der Waals surface area contributed by atoms with Crippen LogP contribution in [0.4, 0.5) is 0 Å². The number of likely N-dealkylation sites (tertiary alicyclic amines) is 1. The molecule has 0 spiro atoms. The van der Waals surface area contributed by atoms with Gasteiger partial charge in [0.05, 0.1) is 6.04 Å². The number of carbonyl (C=O) groups is 1. The molecule has 3 heteroatoms. The monoisotopic (exact) mass is 280 g/mol. The summed E-state index contributed by atoms with van der Waals surface area (Å²) in [4.78, 5) is 14.5. The van der Waals surface area contributed by atoms with Gasteiger partial charge in [-0.2, -0.15) is 0 Å². The van der Waals surface area contributed by atoms with Crippen molar-refractivity contribution in [2.75, 3.05) is 13.1 Å². The Labute approximate surface area is 124 Å². The average Bonchev–Trinajstić information content (AvgIpc) is 2.47. The normalized spacial score (nSPS) is 29.5. The van der Waals surface area contributed by atoms with Gasteiger partial charge in [0.1, 0.15) is 0 Å². The van der Waals surface area contributed by atoms with E-state index in [1.807, 2.05) is 0 Å². The predicted octanol–water partition coefficient (Wildman–Crippen LogP) is 3.19. The molecule has 1 saturated carbocycles. The van der Waals surface area contributed by atoms with Crippen molar-refractivity contribution in [3.05, 3.63) is 0 Å². The molecule has 0 aromatic heterocycles. The van der Waals surface area contributed by atoms with Gasteiger partial charge in [0.15, 0.2) is 0 Å². The molecule has 1 amide bonds. The Morgan fingerprint density at radius 2 is 1.75 bits per heavy atom. The van der Waals surface area contributed by atoms with E-state index in [9.17, 15) is 4.79 Å². The van der Waals surface area contributed by atoms with Crippen LogP contribution in [0, 0.1) is 11.8 Å². The van der Waals surface area contributed by atoms with Gasteiger partial charge >= 0.3 is 0 Å². The minimum absolute atomic E-state index is 0.0102. The lowest BCUT2D eigenvalue weighted by molar-refractivity contribution is -0.134. The molecule has 1 aliphatic carbocycles. The highest BCUT2D eigenvalue weighted by molar-refractivity contribution is 5.81. The lowest BCUT2D eigenvalue weighted by atomic mass is 9.79. The lowest BCUT2D eigenvalue weighted by Crippen LogP contribution is -2.50. The number of nitrogens with zero attached hydrogens (tertiary/aromatic N) is 1. The number of piperidine rings is 1. The molecule has 0 aromatic rings. The van der Waals surface area contributed by atoms with E-state index in [0.29, 0.717) is 11.9 Å². The summed E-state index contributed by atoms with van der Waals surface area (Å²) in [6.07, 6.45) is 8.80. The SMILES string of the molecule is CC(NC1CCCC(C(C)C)C1)C(=O)N1CCCCC1. The van der Waals surface area contributed by atoms with Crippen molar-refractivity contribution in [1.82, 2.24) is 10.2 Å². The molecule has 3 unspecified atom stereocenters. The molecule has 1 heterocycles. The number of hydrogen-bond acceptors (Lipinski definition) is 2. The molecule has 3 atom stereocenters. The first-order chi connectivity index (χ1) is 9.58. The highest BCUT2D eigenvalue weighted by Crippen LogP contribution is 2.30. The zero-order valence-electron chi connectivity index (χ0n) is 13.5. The Hall–Kier alpha value is -0.570. The largest absolute Gasteiger partial charge is 0.341 e. The van der Waals surface area contributed by atoms with Gasteiger partial charge in [-0.3, -0.25) is 4.79 Å². The van der Waals surface area contributed by atoms with Crippen molar-refractivity contribution in [1.29, 1.82) is 0 Å². The quantitative estimate of drug-likeness (QED) is 0.857. The first kappa shape index (κ1) is 15.8. The molecule has 2 rings (SSSR count). The summed E-state index contributed by atoms with van der Waals surface area (Å²) < 4.78 is 0. The zero-order valence-corrected chi connectivity index (χ0v) is 13.5. The number of hydrogen-bond donors (Lipinski definition) is 1. The molecule has 2 fully saturated rings. The molecular weight excluding hydrogens is 248 g/mol. The summed E-state index contributed by atoms with van der Waals surface area (Å²) >= 11 is 0. The number of amides is 1. The maximum atomic E-state index is 12.5. The Morgan fingerprint density at radius 3 is 2.40 bits per heavy atom. The molecule has 1 saturated heterocycles. The van der Waals surface area contributed by atoms with Crippen molar-refractivity contribution < 1.29 is 4.79 Å². The van der Waals surface area contributed by atoms with Gasteiger partial charge in [0.2, 0.25) is 5.91 Å². The third-order valence-corrected chi connectivity index (χ3v) is 5.18. The third kappa shape index (κ3) is 4.21. The highest BCUT2D eigenvalue weighted by Gasteiger charge is 2.28. The van der Waals surface area contributed by atoms with Crippen LogP contribution in [0.3, 0.4) is 0 Å². The summed E-state index contributed by atoms with van der Waals surface area (Å²) in [5.41, 5.74) is 0. The van der Waals surface area contributed by atoms with Crippen LogP contribution in [-0.2, 0) is 4.79 Å². The van der Waals surface area contributed by atoms with E-state index >= 15 is 0 Å². The van der Waals surface area contributed by atoms with Crippen LogP contribution >= 0.6 is 0 Å². The smallest absolute Gasteiger partial charge is 0.239 e. The van der Waals surface area contributed by atoms with Crippen LogP contribution in [0.15, 0.2) is 0 Å². The fraction of sp³-hybridized carbons (Fsp3) is 0.941. The third-order valence-electron chi connectivity index (χ3n) is 5.18. The van der Waals surface area contributed by atoms with E-state index in [2.05, 4.69) is 31.0 Å². The van der Waals surface area contributed by atoms with Gasteiger partial charge in [0, 0.05) is 19.1 Å². The number of carbonyl (C=O) groups excluding carboxylic acids is 1. The summed E-state index contributed by atoms with van der Waals surface area (Å²) in [6.45, 7) is 8.63. The van der Waals surface area contributed by atoms with Gasteiger partial charge in [-0.1, -0.05) is 26.7 Å². The van der Waals surface area contributed by atoms with Gasteiger partial charge in [-0.05, 0) is 50.9 Å². The summed E-state index contributed by atoms with van der Waals surface area (Å²) in [5.74, 6) is 1.92. The molecule has 2 aliphatic rings. The molecule has 0 bridgehead atoms. The van der Waals surface area contributed by atoms with Crippen LogP contribution in [0.1, 0.15) is 65.7 Å². The van der Waals surface area contributed by atoms with Crippen LogP contribution in [0.2, 0.25) is 0 Å². The van der Waals surface area contributed by atoms with Gasteiger partial charge < -0.3 is 10.2 Å². The van der Waals surface area contributed by atoms with Crippen molar-refractivity contribution >= 4 is 5.91 Å².